The van der Waals surface area contributed by atoms with E-state index in [4.69, 9.17) is 13.8 Å². The molecule has 2 rings (SSSR count). The van der Waals surface area contributed by atoms with Gasteiger partial charge >= 0.3 is 7.60 Å². The molecule has 142 valence electrons. The van der Waals surface area contributed by atoms with Gasteiger partial charge in [0.05, 0.1) is 25.9 Å². The molecule has 0 aliphatic heterocycles. The maximum atomic E-state index is 13.0. The zero-order valence-electron chi connectivity index (χ0n) is 15.3. The molecule has 5 nitrogen and oxygen atoms in total. The number of ether oxygens (including phenoxy) is 1. The Bertz CT molecular complexity index is 667. The summed E-state index contributed by atoms with van der Waals surface area (Å²) in [6, 6.07) is 19.3. The first-order valence-corrected chi connectivity index (χ1v) is 10.5. The lowest BCUT2D eigenvalue weighted by Crippen LogP contribution is -2.32. The Balaban J connectivity index is 2.18. The van der Waals surface area contributed by atoms with Crippen LogP contribution in [0.2, 0.25) is 0 Å². The second-order valence-electron chi connectivity index (χ2n) is 5.81. The average molecular weight is 378 g/mol. The zero-order valence-corrected chi connectivity index (χ0v) is 16.2. The van der Waals surface area contributed by atoms with Crippen LogP contribution < -0.4 is 0 Å². The molecule has 1 N–H and O–H groups in total. The molecule has 0 heterocycles. The van der Waals surface area contributed by atoms with Gasteiger partial charge in [0.2, 0.25) is 0 Å². The summed E-state index contributed by atoms with van der Waals surface area (Å²) in [5.74, 6) is -1.37. The molecule has 0 aliphatic carbocycles. The van der Waals surface area contributed by atoms with Crippen molar-refractivity contribution in [2.45, 2.75) is 38.8 Å². The summed E-state index contributed by atoms with van der Waals surface area (Å²) in [7, 11) is -3.69. The summed E-state index contributed by atoms with van der Waals surface area (Å²) in [4.78, 5) is 0. The van der Waals surface area contributed by atoms with Crippen LogP contribution in [0.5, 0.6) is 0 Å². The van der Waals surface area contributed by atoms with Gasteiger partial charge in [-0.05, 0) is 25.0 Å². The van der Waals surface area contributed by atoms with E-state index in [1.807, 2.05) is 60.7 Å². The van der Waals surface area contributed by atoms with Crippen molar-refractivity contribution >= 4 is 7.60 Å². The van der Waals surface area contributed by atoms with E-state index in [1.165, 1.54) is 0 Å². The molecule has 0 aliphatic rings. The van der Waals surface area contributed by atoms with Gasteiger partial charge in [-0.2, -0.15) is 0 Å². The van der Waals surface area contributed by atoms with E-state index in [0.717, 1.165) is 11.1 Å². The van der Waals surface area contributed by atoms with E-state index in [0.29, 0.717) is 13.0 Å². The van der Waals surface area contributed by atoms with Crippen LogP contribution in [0, 0.1) is 0 Å². The van der Waals surface area contributed by atoms with Crippen molar-refractivity contribution in [2.24, 2.45) is 0 Å². The van der Waals surface area contributed by atoms with Crippen molar-refractivity contribution < 1.29 is 23.5 Å². The maximum absolute atomic E-state index is 13.0. The van der Waals surface area contributed by atoms with Crippen molar-refractivity contribution in [2.75, 3.05) is 13.2 Å². The predicted molar refractivity (Wildman–Crippen MR) is 102 cm³/mol. The average Bonchev–Trinajstić information content (AvgIpc) is 2.66. The molecule has 0 aromatic heterocycles. The van der Waals surface area contributed by atoms with Crippen LogP contribution in [0.3, 0.4) is 0 Å². The van der Waals surface area contributed by atoms with Gasteiger partial charge in [0.1, 0.15) is 0 Å². The highest BCUT2D eigenvalue weighted by molar-refractivity contribution is 7.54. The van der Waals surface area contributed by atoms with Crippen molar-refractivity contribution in [3.8, 4) is 0 Å². The number of aliphatic hydroxyl groups excluding tert-OH is 1. The van der Waals surface area contributed by atoms with E-state index in [9.17, 15) is 9.67 Å². The van der Waals surface area contributed by atoms with Gasteiger partial charge in [-0.15, -0.1) is 0 Å². The molecular formula is C20H27O5P. The van der Waals surface area contributed by atoms with E-state index in [1.54, 1.807) is 13.8 Å². The van der Waals surface area contributed by atoms with Gasteiger partial charge < -0.3 is 18.9 Å². The third-order valence-electron chi connectivity index (χ3n) is 3.86. The molecule has 0 bridgehead atoms. The molecule has 0 amide bonds. The molecule has 26 heavy (non-hydrogen) atoms. The molecule has 0 radical (unpaired) electrons. The van der Waals surface area contributed by atoms with Crippen LogP contribution in [-0.2, 0) is 31.4 Å². The topological polar surface area (TPSA) is 65.0 Å². The number of hydrogen-bond acceptors (Lipinski definition) is 5. The van der Waals surface area contributed by atoms with Crippen molar-refractivity contribution in [1.82, 2.24) is 0 Å². The van der Waals surface area contributed by atoms with E-state index < -0.39 is 19.5 Å². The summed E-state index contributed by atoms with van der Waals surface area (Å²) in [5, 5.41) is 10.8. The van der Waals surface area contributed by atoms with Gasteiger partial charge in [0.25, 0.3) is 0 Å². The minimum Gasteiger partial charge on any atom is -0.378 e. The first kappa shape index (κ1) is 20.8. The number of aliphatic hydroxyl groups is 1. The van der Waals surface area contributed by atoms with Gasteiger partial charge in [-0.3, -0.25) is 4.57 Å². The highest BCUT2D eigenvalue weighted by Crippen LogP contribution is 2.53. The van der Waals surface area contributed by atoms with Crippen LogP contribution in [0.4, 0.5) is 0 Å². The lowest BCUT2D eigenvalue weighted by Gasteiger charge is -2.29. The lowest BCUT2D eigenvalue weighted by molar-refractivity contribution is -0.0261. The summed E-state index contributed by atoms with van der Waals surface area (Å²) in [5.41, 5.74) is 1.95. The molecule has 2 atom stereocenters. The number of rotatable bonds is 11. The summed E-state index contributed by atoms with van der Waals surface area (Å²) < 4.78 is 29.5. The van der Waals surface area contributed by atoms with Gasteiger partial charge in [0, 0.05) is 6.42 Å². The van der Waals surface area contributed by atoms with Gasteiger partial charge in [-0.1, -0.05) is 60.7 Å². The largest absolute Gasteiger partial charge is 0.378 e. The normalized spacial score (nSPS) is 14.1. The van der Waals surface area contributed by atoms with Crippen molar-refractivity contribution in [3.63, 3.8) is 0 Å². The van der Waals surface area contributed by atoms with Crippen LogP contribution in [0.25, 0.3) is 0 Å². The SMILES string of the molecule is CCOP(=O)(OCC)[C@@H](O)[C@H](Cc1ccccc1)OCc1ccccc1. The van der Waals surface area contributed by atoms with Gasteiger partial charge in [0.15, 0.2) is 5.85 Å². The molecule has 0 fully saturated rings. The Labute approximate surface area is 155 Å². The molecule has 0 saturated heterocycles. The molecular weight excluding hydrogens is 351 g/mol. The van der Waals surface area contributed by atoms with Crippen molar-refractivity contribution in [3.05, 3.63) is 71.8 Å². The summed E-state index contributed by atoms with van der Waals surface area (Å²) >= 11 is 0. The molecule has 2 aromatic rings. The number of hydrogen-bond donors (Lipinski definition) is 1. The Morgan fingerprint density at radius 1 is 0.885 bits per heavy atom. The highest BCUT2D eigenvalue weighted by atomic mass is 31.2. The fourth-order valence-electron chi connectivity index (χ4n) is 2.63. The van der Waals surface area contributed by atoms with E-state index in [-0.39, 0.29) is 13.2 Å². The predicted octanol–water partition coefficient (Wildman–Crippen LogP) is 4.40. The highest BCUT2D eigenvalue weighted by Gasteiger charge is 2.40. The van der Waals surface area contributed by atoms with E-state index in [2.05, 4.69) is 0 Å². The first-order chi connectivity index (χ1) is 12.6. The molecule has 2 aromatic carbocycles. The molecule has 0 spiro atoms. The smallest absolute Gasteiger partial charge is 0.361 e. The van der Waals surface area contributed by atoms with E-state index >= 15 is 0 Å². The molecule has 6 heteroatoms. The van der Waals surface area contributed by atoms with Crippen molar-refractivity contribution in [1.29, 1.82) is 0 Å². The fraction of sp³-hybridized carbons (Fsp3) is 0.400. The summed E-state index contributed by atoms with van der Waals surface area (Å²) in [6.07, 6.45) is -0.319. The molecule has 0 unspecified atom stereocenters. The first-order valence-electron chi connectivity index (χ1n) is 8.85. The second-order valence-corrected chi connectivity index (χ2v) is 7.94. The Hall–Kier alpha value is -1.49. The fourth-order valence-corrected chi connectivity index (χ4v) is 4.33. The monoisotopic (exact) mass is 378 g/mol. The summed E-state index contributed by atoms with van der Waals surface area (Å²) in [6.45, 7) is 4.11. The third-order valence-corrected chi connectivity index (χ3v) is 6.08. The second kappa shape index (κ2) is 10.6. The Morgan fingerprint density at radius 2 is 1.38 bits per heavy atom. The van der Waals surface area contributed by atoms with Gasteiger partial charge in [-0.25, -0.2) is 0 Å². The maximum Gasteiger partial charge on any atom is 0.361 e. The number of benzene rings is 2. The minimum absolute atomic E-state index is 0.186. The quantitative estimate of drug-likeness (QED) is 0.587. The zero-order chi connectivity index (χ0) is 18.8. The van der Waals surface area contributed by atoms with Crippen LogP contribution in [0.1, 0.15) is 25.0 Å². The minimum atomic E-state index is -3.69. The standard InChI is InChI=1S/C20H27O5P/c1-3-24-26(22,25-4-2)20(21)19(15-17-11-7-5-8-12-17)23-16-18-13-9-6-10-14-18/h5-14,19-21H,3-4,15-16H2,1-2H3/t19-,20+/m0/s1. The Kier molecular flexibility index (Phi) is 8.49. The lowest BCUT2D eigenvalue weighted by atomic mass is 10.1. The van der Waals surface area contributed by atoms with Crippen LogP contribution in [-0.4, -0.2) is 30.3 Å². The Morgan fingerprint density at radius 3 is 1.88 bits per heavy atom. The third kappa shape index (κ3) is 6.04. The van der Waals surface area contributed by atoms with Crippen LogP contribution in [0.15, 0.2) is 60.7 Å². The van der Waals surface area contributed by atoms with Crippen LogP contribution >= 0.6 is 7.60 Å². The molecule has 0 saturated carbocycles.